The van der Waals surface area contributed by atoms with Gasteiger partial charge in [0.2, 0.25) is 0 Å². The quantitative estimate of drug-likeness (QED) is 0.458. The third-order valence-electron chi connectivity index (χ3n) is 1.39. The predicted molar refractivity (Wildman–Crippen MR) is 46.0 cm³/mol. The summed E-state index contributed by atoms with van der Waals surface area (Å²) in [7, 11) is 1.76. The average Bonchev–Trinajstić information content (AvgIpc) is 2.52. The molecular weight excluding hydrogens is 172 g/mol. The van der Waals surface area contributed by atoms with Gasteiger partial charge in [-0.05, 0) is 6.07 Å². The zero-order chi connectivity index (χ0) is 9.68. The van der Waals surface area contributed by atoms with Crippen LogP contribution < -0.4 is 5.43 Å². The van der Waals surface area contributed by atoms with E-state index >= 15 is 0 Å². The number of amides is 1. The van der Waals surface area contributed by atoms with Gasteiger partial charge in [-0.15, -0.1) is 0 Å². The molecule has 0 atom stereocenters. The fourth-order valence-electron chi connectivity index (χ4n) is 0.717. The zero-order valence-electron chi connectivity index (χ0n) is 7.14. The van der Waals surface area contributed by atoms with Crippen LogP contribution in [0.4, 0.5) is 0 Å². The summed E-state index contributed by atoms with van der Waals surface area (Å²) in [4.78, 5) is 10.5. The predicted octanol–water partition coefficient (Wildman–Crippen LogP) is -1.14. The molecule has 0 spiro atoms. The van der Waals surface area contributed by atoms with E-state index in [1.165, 1.54) is 6.21 Å². The highest BCUT2D eigenvalue weighted by Gasteiger charge is 1.94. The molecule has 1 aromatic rings. The normalized spacial score (nSPS) is 10.6. The number of aliphatic hydroxyl groups is 1. The number of hydrazone groups is 1. The van der Waals surface area contributed by atoms with Crippen molar-refractivity contribution in [1.29, 1.82) is 0 Å². The summed E-state index contributed by atoms with van der Waals surface area (Å²) < 4.78 is 1.61. The van der Waals surface area contributed by atoms with Crippen LogP contribution in [0.3, 0.4) is 0 Å². The first-order chi connectivity index (χ1) is 6.24. The van der Waals surface area contributed by atoms with E-state index in [9.17, 15) is 4.79 Å². The highest BCUT2D eigenvalue weighted by atomic mass is 16.3. The summed E-state index contributed by atoms with van der Waals surface area (Å²) in [5.74, 6) is -0.543. The Morgan fingerprint density at radius 2 is 2.69 bits per heavy atom. The van der Waals surface area contributed by atoms with Crippen molar-refractivity contribution in [3.8, 4) is 0 Å². The Bertz CT molecular complexity index is 318. The van der Waals surface area contributed by atoms with Gasteiger partial charge in [-0.25, -0.2) is 5.43 Å². The molecular formula is C7H10N4O2. The van der Waals surface area contributed by atoms with Crippen LogP contribution in [-0.2, 0) is 11.8 Å². The second kappa shape index (κ2) is 4.36. The van der Waals surface area contributed by atoms with E-state index in [1.807, 2.05) is 0 Å². The van der Waals surface area contributed by atoms with Gasteiger partial charge in [-0.3, -0.25) is 9.48 Å². The highest BCUT2D eigenvalue weighted by molar-refractivity contribution is 5.81. The van der Waals surface area contributed by atoms with E-state index in [0.717, 1.165) is 5.69 Å². The molecule has 0 radical (unpaired) electrons. The standard InChI is InChI=1S/C7H10N4O2/c1-11-6(2-3-9-11)4-8-10-7(13)5-12/h2-4,12H,5H2,1H3,(H,10,13)/b8-4+. The second-order valence-corrected chi connectivity index (χ2v) is 2.33. The molecule has 0 unspecified atom stereocenters. The molecule has 1 amide bonds. The van der Waals surface area contributed by atoms with E-state index in [2.05, 4.69) is 15.6 Å². The molecule has 1 aromatic heterocycles. The fourth-order valence-corrected chi connectivity index (χ4v) is 0.717. The van der Waals surface area contributed by atoms with Gasteiger partial charge in [0, 0.05) is 13.2 Å². The summed E-state index contributed by atoms with van der Waals surface area (Å²) in [6.07, 6.45) is 3.07. The lowest BCUT2D eigenvalue weighted by Crippen LogP contribution is -2.20. The van der Waals surface area contributed by atoms with Crippen molar-refractivity contribution in [2.75, 3.05) is 6.61 Å². The Labute approximate surface area is 74.9 Å². The highest BCUT2D eigenvalue weighted by Crippen LogP contribution is 1.89. The van der Waals surface area contributed by atoms with Crippen LogP contribution in [-0.4, -0.2) is 33.6 Å². The van der Waals surface area contributed by atoms with Gasteiger partial charge in [0.05, 0.1) is 11.9 Å². The third-order valence-corrected chi connectivity index (χ3v) is 1.39. The molecule has 2 N–H and O–H groups in total. The Hall–Kier alpha value is -1.69. The van der Waals surface area contributed by atoms with Gasteiger partial charge in [0.15, 0.2) is 0 Å². The van der Waals surface area contributed by atoms with Crippen molar-refractivity contribution < 1.29 is 9.90 Å². The van der Waals surface area contributed by atoms with E-state index in [-0.39, 0.29) is 0 Å². The Kier molecular flexibility index (Phi) is 3.15. The van der Waals surface area contributed by atoms with Crippen LogP contribution in [0.2, 0.25) is 0 Å². The third kappa shape index (κ3) is 2.68. The van der Waals surface area contributed by atoms with Crippen LogP contribution in [0, 0.1) is 0 Å². The number of nitrogens with zero attached hydrogens (tertiary/aromatic N) is 3. The molecule has 0 bridgehead atoms. The Morgan fingerprint density at radius 3 is 3.23 bits per heavy atom. The van der Waals surface area contributed by atoms with Crippen LogP contribution >= 0.6 is 0 Å². The molecule has 0 saturated heterocycles. The van der Waals surface area contributed by atoms with E-state index < -0.39 is 12.5 Å². The van der Waals surface area contributed by atoms with E-state index in [4.69, 9.17) is 5.11 Å². The zero-order valence-corrected chi connectivity index (χ0v) is 7.14. The van der Waals surface area contributed by atoms with Crippen molar-refractivity contribution in [3.05, 3.63) is 18.0 Å². The lowest BCUT2D eigenvalue weighted by atomic mass is 10.5. The minimum Gasteiger partial charge on any atom is -0.386 e. The van der Waals surface area contributed by atoms with E-state index in [0.29, 0.717) is 0 Å². The smallest absolute Gasteiger partial charge is 0.265 e. The van der Waals surface area contributed by atoms with Gasteiger partial charge >= 0.3 is 0 Å². The first kappa shape index (κ1) is 9.40. The maximum atomic E-state index is 10.5. The van der Waals surface area contributed by atoms with Crippen LogP contribution in [0.15, 0.2) is 17.4 Å². The minimum atomic E-state index is -0.567. The van der Waals surface area contributed by atoms with Crippen LogP contribution in [0.25, 0.3) is 0 Å². The fraction of sp³-hybridized carbons (Fsp3) is 0.286. The SMILES string of the molecule is Cn1nccc1/C=N/NC(=O)CO. The molecule has 0 fully saturated rings. The van der Waals surface area contributed by atoms with Gasteiger partial charge in [0.1, 0.15) is 6.61 Å². The van der Waals surface area contributed by atoms with Gasteiger partial charge in [0.25, 0.3) is 5.91 Å². The van der Waals surface area contributed by atoms with E-state index in [1.54, 1.807) is 24.0 Å². The number of nitrogens with one attached hydrogen (secondary N) is 1. The monoisotopic (exact) mass is 182 g/mol. The first-order valence-corrected chi connectivity index (χ1v) is 3.65. The summed E-state index contributed by atoms with van der Waals surface area (Å²) in [5, 5.41) is 15.8. The number of aliphatic hydroxyl groups excluding tert-OH is 1. The summed E-state index contributed by atoms with van der Waals surface area (Å²) in [6, 6.07) is 1.74. The summed E-state index contributed by atoms with van der Waals surface area (Å²) >= 11 is 0. The number of aryl methyl sites for hydroxylation is 1. The average molecular weight is 182 g/mol. The van der Waals surface area contributed by atoms with Gasteiger partial charge in [-0.1, -0.05) is 0 Å². The molecule has 1 rings (SSSR count). The van der Waals surface area contributed by atoms with Crippen molar-refractivity contribution in [2.24, 2.45) is 12.1 Å². The summed E-state index contributed by atoms with van der Waals surface area (Å²) in [6.45, 7) is -0.567. The second-order valence-electron chi connectivity index (χ2n) is 2.33. The number of hydrogen-bond acceptors (Lipinski definition) is 4. The number of hydrogen-bond donors (Lipinski definition) is 2. The molecule has 0 aliphatic carbocycles. The number of carbonyl (C=O) groups is 1. The van der Waals surface area contributed by atoms with Crippen molar-refractivity contribution in [1.82, 2.24) is 15.2 Å². The molecule has 0 saturated carbocycles. The Balaban J connectivity index is 2.50. The maximum absolute atomic E-state index is 10.5. The topological polar surface area (TPSA) is 79.5 Å². The molecule has 6 heteroatoms. The van der Waals surface area contributed by atoms with Gasteiger partial charge in [-0.2, -0.15) is 10.2 Å². The van der Waals surface area contributed by atoms with Crippen molar-refractivity contribution in [3.63, 3.8) is 0 Å². The molecule has 1 heterocycles. The molecule has 0 aliphatic heterocycles. The summed E-state index contributed by atoms with van der Waals surface area (Å²) in [5.41, 5.74) is 2.90. The van der Waals surface area contributed by atoms with Crippen molar-refractivity contribution >= 4 is 12.1 Å². The number of rotatable bonds is 3. The number of aromatic nitrogens is 2. The van der Waals surface area contributed by atoms with Gasteiger partial charge < -0.3 is 5.11 Å². The molecule has 0 aromatic carbocycles. The maximum Gasteiger partial charge on any atom is 0.265 e. The van der Waals surface area contributed by atoms with Crippen LogP contribution in [0.1, 0.15) is 5.69 Å². The minimum absolute atomic E-state index is 0.543. The number of carbonyl (C=O) groups excluding carboxylic acids is 1. The Morgan fingerprint density at radius 1 is 1.92 bits per heavy atom. The molecule has 13 heavy (non-hydrogen) atoms. The largest absolute Gasteiger partial charge is 0.386 e. The van der Waals surface area contributed by atoms with Crippen LogP contribution in [0.5, 0.6) is 0 Å². The molecule has 70 valence electrons. The first-order valence-electron chi connectivity index (χ1n) is 3.65. The van der Waals surface area contributed by atoms with Crippen molar-refractivity contribution in [2.45, 2.75) is 0 Å². The molecule has 6 nitrogen and oxygen atoms in total. The molecule has 0 aliphatic rings. The lowest BCUT2D eigenvalue weighted by Gasteiger charge is -1.94. The lowest BCUT2D eigenvalue weighted by molar-refractivity contribution is -0.123.